The van der Waals surface area contributed by atoms with Gasteiger partial charge in [0.2, 0.25) is 0 Å². The summed E-state index contributed by atoms with van der Waals surface area (Å²) in [6, 6.07) is 0. The molecule has 1 atom stereocenters. The summed E-state index contributed by atoms with van der Waals surface area (Å²) in [6.07, 6.45) is 67.8. The fourth-order valence-corrected chi connectivity index (χ4v) is 8.02. The Balaban J connectivity index is 4.30. The van der Waals surface area contributed by atoms with Crippen LogP contribution in [-0.2, 0) is 28.6 Å². The molecule has 0 saturated carbocycles. The summed E-state index contributed by atoms with van der Waals surface area (Å²) >= 11 is 0. The molecule has 0 aromatic rings. The minimum Gasteiger partial charge on any atom is -0.462 e. The first-order valence-electron chi connectivity index (χ1n) is 28.3. The Morgan fingerprint density at radius 3 is 0.924 bits per heavy atom. The Morgan fingerprint density at radius 2 is 0.591 bits per heavy atom. The van der Waals surface area contributed by atoms with Gasteiger partial charge in [0.05, 0.1) is 0 Å². The maximum Gasteiger partial charge on any atom is 0.306 e. The molecule has 0 bridgehead atoms. The summed E-state index contributed by atoms with van der Waals surface area (Å²) in [5.41, 5.74) is 0. The van der Waals surface area contributed by atoms with Crippen molar-refractivity contribution in [2.45, 2.75) is 290 Å². The van der Waals surface area contributed by atoms with E-state index in [1.165, 1.54) is 154 Å². The van der Waals surface area contributed by atoms with Crippen molar-refractivity contribution >= 4 is 17.9 Å². The van der Waals surface area contributed by atoms with Gasteiger partial charge in [0.1, 0.15) is 13.2 Å². The van der Waals surface area contributed by atoms with E-state index >= 15 is 0 Å². The lowest BCUT2D eigenvalue weighted by atomic mass is 10.1. The van der Waals surface area contributed by atoms with Gasteiger partial charge in [0.25, 0.3) is 0 Å². The molecule has 0 aromatic carbocycles. The van der Waals surface area contributed by atoms with Crippen molar-refractivity contribution in [1.82, 2.24) is 0 Å². The highest BCUT2D eigenvalue weighted by Crippen LogP contribution is 2.15. The molecule has 1 unspecified atom stereocenters. The van der Waals surface area contributed by atoms with Crippen molar-refractivity contribution in [1.29, 1.82) is 0 Å². The first-order valence-corrected chi connectivity index (χ1v) is 28.3. The zero-order valence-electron chi connectivity index (χ0n) is 43.7. The normalized spacial score (nSPS) is 12.5. The lowest BCUT2D eigenvalue weighted by molar-refractivity contribution is -0.167. The second-order valence-corrected chi connectivity index (χ2v) is 18.8. The summed E-state index contributed by atoms with van der Waals surface area (Å²) in [4.78, 5) is 38.1. The van der Waals surface area contributed by atoms with Crippen molar-refractivity contribution in [2.24, 2.45) is 0 Å². The first kappa shape index (κ1) is 63.1. The fourth-order valence-electron chi connectivity index (χ4n) is 8.02. The van der Waals surface area contributed by atoms with Crippen LogP contribution >= 0.6 is 0 Å². The molecule has 0 spiro atoms. The number of carbonyl (C=O) groups is 3. The van der Waals surface area contributed by atoms with Crippen molar-refractivity contribution in [3.05, 3.63) is 60.8 Å². The lowest BCUT2D eigenvalue weighted by Gasteiger charge is -2.18. The standard InChI is InChI=1S/C60H106O6/c1-4-7-10-13-16-19-22-24-26-28-29-30-31-33-34-36-38-41-44-47-50-53-59(62)65-56-57(55-64-58(61)52-49-46-43-40-21-18-15-12-9-6-3)66-60(63)54-51-48-45-42-39-37-35-32-27-25-23-20-17-14-11-8-5-2/h8,11,17,20,22,24-25,27-29,57H,4-7,9-10,12-16,18-19,21,23,26,30-56H2,1-3H3/b11-8-,20-17-,24-22-,27-25-,29-28-. The number of hydrogen-bond donors (Lipinski definition) is 0. The summed E-state index contributed by atoms with van der Waals surface area (Å²) in [7, 11) is 0. The second kappa shape index (κ2) is 54.7. The van der Waals surface area contributed by atoms with Crippen LogP contribution in [0.25, 0.3) is 0 Å². The monoisotopic (exact) mass is 923 g/mol. The number of hydrogen-bond acceptors (Lipinski definition) is 6. The molecule has 382 valence electrons. The largest absolute Gasteiger partial charge is 0.462 e. The van der Waals surface area contributed by atoms with Crippen LogP contribution in [0.2, 0.25) is 0 Å². The van der Waals surface area contributed by atoms with Crippen LogP contribution in [0.1, 0.15) is 284 Å². The molecule has 0 fully saturated rings. The van der Waals surface area contributed by atoms with Crippen LogP contribution in [0.4, 0.5) is 0 Å². The third-order valence-corrected chi connectivity index (χ3v) is 12.3. The van der Waals surface area contributed by atoms with E-state index in [1.807, 2.05) is 0 Å². The second-order valence-electron chi connectivity index (χ2n) is 18.8. The molecule has 6 heteroatoms. The molecule has 0 radical (unpaired) electrons. The molecule has 0 aromatic heterocycles. The number of ether oxygens (including phenoxy) is 3. The van der Waals surface area contributed by atoms with E-state index in [4.69, 9.17) is 14.2 Å². The van der Waals surface area contributed by atoms with Crippen molar-refractivity contribution < 1.29 is 28.6 Å². The van der Waals surface area contributed by atoms with Gasteiger partial charge in [-0.05, 0) is 83.5 Å². The predicted molar refractivity (Wildman–Crippen MR) is 284 cm³/mol. The van der Waals surface area contributed by atoms with E-state index in [2.05, 4.69) is 81.5 Å². The Hall–Kier alpha value is -2.89. The number of rotatable bonds is 51. The molecular formula is C60H106O6. The molecule has 6 nitrogen and oxygen atoms in total. The summed E-state index contributed by atoms with van der Waals surface area (Å²) < 4.78 is 16.8. The molecule has 66 heavy (non-hydrogen) atoms. The third-order valence-electron chi connectivity index (χ3n) is 12.3. The van der Waals surface area contributed by atoms with Gasteiger partial charge in [0.15, 0.2) is 6.10 Å². The molecule has 0 aliphatic heterocycles. The van der Waals surface area contributed by atoms with E-state index in [1.54, 1.807) is 0 Å². The van der Waals surface area contributed by atoms with E-state index < -0.39 is 6.10 Å². The van der Waals surface area contributed by atoms with Gasteiger partial charge in [0, 0.05) is 19.3 Å². The van der Waals surface area contributed by atoms with Gasteiger partial charge in [-0.3, -0.25) is 14.4 Å². The summed E-state index contributed by atoms with van der Waals surface area (Å²) in [6.45, 7) is 6.52. The van der Waals surface area contributed by atoms with Crippen LogP contribution < -0.4 is 0 Å². The van der Waals surface area contributed by atoms with E-state index in [0.29, 0.717) is 19.3 Å². The number of unbranched alkanes of at least 4 members (excludes halogenated alkanes) is 30. The number of esters is 3. The third kappa shape index (κ3) is 52.1. The first-order chi connectivity index (χ1) is 32.5. The van der Waals surface area contributed by atoms with Gasteiger partial charge in [-0.25, -0.2) is 0 Å². The molecule has 0 amide bonds. The van der Waals surface area contributed by atoms with Crippen LogP contribution in [0.5, 0.6) is 0 Å². The zero-order chi connectivity index (χ0) is 47.9. The topological polar surface area (TPSA) is 78.9 Å². The quantitative estimate of drug-likeness (QED) is 0.0262. The zero-order valence-corrected chi connectivity index (χ0v) is 43.7. The van der Waals surface area contributed by atoms with Gasteiger partial charge in [-0.15, -0.1) is 0 Å². The highest BCUT2D eigenvalue weighted by atomic mass is 16.6. The molecule has 0 rings (SSSR count). The average Bonchev–Trinajstić information content (AvgIpc) is 3.31. The predicted octanol–water partition coefficient (Wildman–Crippen LogP) is 18.8. The van der Waals surface area contributed by atoms with Crippen LogP contribution in [0.15, 0.2) is 60.8 Å². The fraction of sp³-hybridized carbons (Fsp3) is 0.783. The summed E-state index contributed by atoms with van der Waals surface area (Å²) in [5, 5.41) is 0. The molecule has 0 N–H and O–H groups in total. The van der Waals surface area contributed by atoms with Gasteiger partial charge in [-0.1, -0.05) is 242 Å². The van der Waals surface area contributed by atoms with Gasteiger partial charge in [-0.2, -0.15) is 0 Å². The Bertz CT molecular complexity index is 1200. The Kier molecular flexibility index (Phi) is 52.3. The maximum absolute atomic E-state index is 12.8. The molecule has 0 aliphatic carbocycles. The smallest absolute Gasteiger partial charge is 0.306 e. The van der Waals surface area contributed by atoms with Crippen molar-refractivity contribution in [3.8, 4) is 0 Å². The molecule has 0 heterocycles. The Labute approximate surface area is 409 Å². The number of carbonyl (C=O) groups excluding carboxylic acids is 3. The van der Waals surface area contributed by atoms with Crippen LogP contribution in [0, 0.1) is 0 Å². The van der Waals surface area contributed by atoms with Crippen molar-refractivity contribution in [2.75, 3.05) is 13.2 Å². The highest BCUT2D eigenvalue weighted by Gasteiger charge is 2.19. The van der Waals surface area contributed by atoms with Crippen LogP contribution in [-0.4, -0.2) is 37.2 Å². The lowest BCUT2D eigenvalue weighted by Crippen LogP contribution is -2.30. The van der Waals surface area contributed by atoms with Gasteiger partial charge >= 0.3 is 17.9 Å². The molecular weight excluding hydrogens is 817 g/mol. The molecule has 0 aliphatic rings. The van der Waals surface area contributed by atoms with Crippen molar-refractivity contribution in [3.63, 3.8) is 0 Å². The Morgan fingerprint density at radius 1 is 0.318 bits per heavy atom. The SMILES string of the molecule is CC/C=C\C/C=C\C/C=C\CCCCCCCCCC(=O)OC(COC(=O)CCCCCCCCCCCC)COC(=O)CCCCCCCCCCC/C=C\C/C=C\CCCCCCC. The summed E-state index contributed by atoms with van der Waals surface area (Å²) in [5.74, 6) is -0.884. The molecule has 0 saturated heterocycles. The highest BCUT2D eigenvalue weighted by molar-refractivity contribution is 5.71. The van der Waals surface area contributed by atoms with Crippen LogP contribution in [0.3, 0.4) is 0 Å². The van der Waals surface area contributed by atoms with Gasteiger partial charge < -0.3 is 14.2 Å². The van der Waals surface area contributed by atoms with E-state index in [-0.39, 0.29) is 31.1 Å². The number of allylic oxidation sites excluding steroid dienone is 10. The van der Waals surface area contributed by atoms with E-state index in [0.717, 1.165) is 89.9 Å². The average molecular weight is 924 g/mol. The minimum absolute atomic E-state index is 0.0776. The maximum atomic E-state index is 12.8. The van der Waals surface area contributed by atoms with E-state index in [9.17, 15) is 14.4 Å². The minimum atomic E-state index is -0.779.